The van der Waals surface area contributed by atoms with Gasteiger partial charge in [0.2, 0.25) is 0 Å². The summed E-state index contributed by atoms with van der Waals surface area (Å²) in [5, 5.41) is 12.6. The Kier molecular flexibility index (Phi) is 4.67. The zero-order chi connectivity index (χ0) is 14.6. The third-order valence-corrected chi connectivity index (χ3v) is 4.41. The molecule has 0 radical (unpaired) electrons. The Morgan fingerprint density at radius 1 is 1.15 bits per heavy atom. The summed E-state index contributed by atoms with van der Waals surface area (Å²) < 4.78 is 5.81. The molecular formula is C14H12ClN2OPS. The van der Waals surface area contributed by atoms with Crippen LogP contribution < -0.4 is 9.61 Å². The largest absolute Gasteiger partial charge is 0.449 e. The molecule has 0 aliphatic heterocycles. The van der Waals surface area contributed by atoms with Gasteiger partial charge in [0, 0.05) is 17.4 Å². The van der Waals surface area contributed by atoms with Crippen molar-refractivity contribution in [2.75, 3.05) is 11.8 Å². The number of benzene rings is 2. The minimum Gasteiger partial charge on any atom is -0.449 e. The first kappa shape index (κ1) is 14.9. The van der Waals surface area contributed by atoms with Crippen molar-refractivity contribution in [3.8, 4) is 11.8 Å². The van der Waals surface area contributed by atoms with Gasteiger partial charge in [-0.05, 0) is 60.3 Å². The van der Waals surface area contributed by atoms with Gasteiger partial charge in [0.15, 0.2) is 6.42 Å². The summed E-state index contributed by atoms with van der Waals surface area (Å²) in [6, 6.07) is 16.3. The van der Waals surface area contributed by atoms with Crippen LogP contribution in [0.1, 0.15) is 5.56 Å². The molecule has 3 nitrogen and oxygen atoms in total. The van der Waals surface area contributed by atoms with E-state index in [4.69, 9.17) is 33.2 Å². The van der Waals surface area contributed by atoms with Crippen LogP contribution in [0.25, 0.3) is 0 Å². The third-order valence-electron chi connectivity index (χ3n) is 2.44. The van der Waals surface area contributed by atoms with Crippen LogP contribution in [0.3, 0.4) is 0 Å². The van der Waals surface area contributed by atoms with Crippen LogP contribution in [0.4, 0.5) is 5.69 Å². The predicted molar refractivity (Wildman–Crippen MR) is 87.1 cm³/mol. The highest BCUT2D eigenvalue weighted by atomic mass is 35.5. The van der Waals surface area contributed by atoms with Gasteiger partial charge in [-0.2, -0.15) is 5.26 Å². The quantitative estimate of drug-likeness (QED) is 0.833. The molecule has 0 saturated heterocycles. The number of hydrogen-bond donors (Lipinski definition) is 1. The van der Waals surface area contributed by atoms with E-state index < -0.39 is 6.42 Å². The van der Waals surface area contributed by atoms with E-state index in [1.807, 2.05) is 18.8 Å². The number of nitrogens with zero attached hydrogens (tertiary/aromatic N) is 1. The van der Waals surface area contributed by atoms with Gasteiger partial charge in [-0.25, -0.2) is 0 Å². The van der Waals surface area contributed by atoms with Crippen molar-refractivity contribution >= 4 is 35.5 Å². The van der Waals surface area contributed by atoms with Crippen molar-refractivity contribution in [3.63, 3.8) is 0 Å². The maximum Gasteiger partial charge on any atom is 0.199 e. The molecule has 2 rings (SSSR count). The Morgan fingerprint density at radius 2 is 1.75 bits per heavy atom. The zero-order valence-corrected chi connectivity index (χ0v) is 13.2. The smallest absolute Gasteiger partial charge is 0.199 e. The summed E-state index contributed by atoms with van der Waals surface area (Å²) in [4.78, 5) is 0. The van der Waals surface area contributed by atoms with E-state index in [2.05, 4.69) is 11.2 Å². The number of nitriles is 1. The fraction of sp³-hybridized carbons (Fsp3) is 0.0714. The molecule has 1 N–H and O–H groups in total. The summed E-state index contributed by atoms with van der Waals surface area (Å²) in [5.74, 6) is 0.682. The van der Waals surface area contributed by atoms with Crippen LogP contribution in [-0.4, -0.2) is 6.66 Å². The molecule has 2 aromatic rings. The van der Waals surface area contributed by atoms with Crippen molar-refractivity contribution in [2.24, 2.45) is 0 Å². The first-order valence-electron chi connectivity index (χ1n) is 5.80. The van der Waals surface area contributed by atoms with Gasteiger partial charge in [-0.1, -0.05) is 11.6 Å². The Morgan fingerprint density at radius 3 is 2.30 bits per heavy atom. The lowest BCUT2D eigenvalue weighted by Gasteiger charge is -2.21. The SMILES string of the molecule is CP(=S)(Nc1ccc(C#N)cc1)Oc1ccc(Cl)cc1. The highest BCUT2D eigenvalue weighted by Crippen LogP contribution is 2.43. The molecule has 6 heteroatoms. The molecule has 0 amide bonds. The molecule has 102 valence electrons. The van der Waals surface area contributed by atoms with Crippen molar-refractivity contribution < 1.29 is 4.52 Å². The van der Waals surface area contributed by atoms with Crippen molar-refractivity contribution in [3.05, 3.63) is 59.1 Å². The van der Waals surface area contributed by atoms with E-state index in [1.165, 1.54) is 0 Å². The average Bonchev–Trinajstić information content (AvgIpc) is 2.41. The number of rotatable bonds is 4. The van der Waals surface area contributed by atoms with E-state index in [0.717, 1.165) is 5.69 Å². The molecule has 20 heavy (non-hydrogen) atoms. The maximum atomic E-state index is 8.76. The van der Waals surface area contributed by atoms with Gasteiger partial charge >= 0.3 is 0 Å². The van der Waals surface area contributed by atoms with Crippen LogP contribution in [0.15, 0.2) is 48.5 Å². The lowest BCUT2D eigenvalue weighted by atomic mass is 10.2. The molecule has 0 heterocycles. The number of halogens is 1. The van der Waals surface area contributed by atoms with Crippen LogP contribution in [-0.2, 0) is 11.8 Å². The molecule has 0 aliphatic rings. The molecule has 0 bridgehead atoms. The topological polar surface area (TPSA) is 45.0 Å². The fourth-order valence-electron chi connectivity index (χ4n) is 1.57. The van der Waals surface area contributed by atoms with Crippen molar-refractivity contribution in [1.82, 2.24) is 0 Å². The Hall–Kier alpha value is -1.53. The number of nitrogens with one attached hydrogen (secondary N) is 1. The van der Waals surface area contributed by atoms with E-state index in [1.54, 1.807) is 36.4 Å². The Balaban J connectivity index is 2.08. The molecule has 1 unspecified atom stereocenters. The van der Waals surface area contributed by atoms with Crippen LogP contribution in [0, 0.1) is 11.3 Å². The van der Waals surface area contributed by atoms with E-state index >= 15 is 0 Å². The first-order valence-corrected chi connectivity index (χ1v) is 9.34. The van der Waals surface area contributed by atoms with Gasteiger partial charge in [0.25, 0.3) is 0 Å². The van der Waals surface area contributed by atoms with E-state index in [9.17, 15) is 0 Å². The summed E-state index contributed by atoms with van der Waals surface area (Å²) in [5.41, 5.74) is 1.45. The lowest BCUT2D eigenvalue weighted by molar-refractivity contribution is 0.620. The van der Waals surface area contributed by atoms with Gasteiger partial charge in [-0.15, -0.1) is 0 Å². The molecule has 1 atom stereocenters. The van der Waals surface area contributed by atoms with Crippen LogP contribution in [0.2, 0.25) is 5.02 Å². The average molecular weight is 323 g/mol. The minimum atomic E-state index is -2.22. The summed E-state index contributed by atoms with van der Waals surface area (Å²) in [6.07, 6.45) is -2.22. The van der Waals surface area contributed by atoms with Crippen molar-refractivity contribution in [2.45, 2.75) is 0 Å². The second kappa shape index (κ2) is 6.28. The van der Waals surface area contributed by atoms with Gasteiger partial charge in [-0.3, -0.25) is 0 Å². The second-order valence-corrected chi connectivity index (χ2v) is 8.82. The van der Waals surface area contributed by atoms with Gasteiger partial charge in [0.1, 0.15) is 5.75 Å². The third kappa shape index (κ3) is 4.25. The van der Waals surface area contributed by atoms with Crippen LogP contribution >= 0.6 is 18.0 Å². The zero-order valence-electron chi connectivity index (χ0n) is 10.7. The van der Waals surface area contributed by atoms with Crippen molar-refractivity contribution in [1.29, 1.82) is 5.26 Å². The van der Waals surface area contributed by atoms with Gasteiger partial charge < -0.3 is 9.61 Å². The van der Waals surface area contributed by atoms with E-state index in [0.29, 0.717) is 16.3 Å². The molecule has 0 aliphatic carbocycles. The molecule has 0 aromatic heterocycles. The standard InChI is InChI=1S/C14H12ClN2OPS/c1-19(20,18-14-8-4-12(15)5-9-14)17-13-6-2-11(10-16)3-7-13/h2-9H,1H3,(H,17,20). The fourth-order valence-corrected chi connectivity index (χ4v) is 3.46. The second-order valence-electron chi connectivity index (χ2n) is 4.19. The predicted octanol–water partition coefficient (Wildman–Crippen LogP) is 4.64. The molecular weight excluding hydrogens is 311 g/mol. The lowest BCUT2D eigenvalue weighted by Crippen LogP contribution is -2.01. The number of anilines is 1. The maximum absolute atomic E-state index is 8.76. The Labute approximate surface area is 128 Å². The molecule has 0 spiro atoms. The summed E-state index contributed by atoms with van der Waals surface area (Å²) >= 11 is 11.3. The molecule has 2 aromatic carbocycles. The van der Waals surface area contributed by atoms with E-state index in [-0.39, 0.29) is 0 Å². The minimum absolute atomic E-state index is 0.610. The molecule has 0 fully saturated rings. The molecule has 0 saturated carbocycles. The highest BCUT2D eigenvalue weighted by Gasteiger charge is 2.12. The summed E-state index contributed by atoms with van der Waals surface area (Å²) in [6.45, 7) is 1.86. The number of hydrogen-bond acceptors (Lipinski definition) is 3. The monoisotopic (exact) mass is 322 g/mol. The highest BCUT2D eigenvalue weighted by molar-refractivity contribution is 8.12. The Bertz CT molecular complexity index is 680. The van der Waals surface area contributed by atoms with Crippen LogP contribution in [0.5, 0.6) is 5.75 Å². The summed E-state index contributed by atoms with van der Waals surface area (Å²) in [7, 11) is 0. The first-order chi connectivity index (χ1) is 9.48. The van der Waals surface area contributed by atoms with Gasteiger partial charge in [0.05, 0.1) is 11.6 Å². The normalized spacial score (nSPS) is 13.1.